The Morgan fingerprint density at radius 2 is 1.39 bits per heavy atom. The average molecular weight is 301 g/mol. The van der Waals surface area contributed by atoms with E-state index < -0.39 is 0 Å². The Labute approximate surface area is 137 Å². The van der Waals surface area contributed by atoms with E-state index in [0.29, 0.717) is 0 Å². The molecule has 0 aliphatic carbocycles. The zero-order valence-electron chi connectivity index (χ0n) is 13.1. The molecular weight excluding hydrogens is 282 g/mol. The van der Waals surface area contributed by atoms with Crippen LogP contribution in [0.5, 0.6) is 0 Å². The molecule has 0 radical (unpaired) electrons. The lowest BCUT2D eigenvalue weighted by molar-refractivity contribution is 0.213. The van der Waals surface area contributed by atoms with Gasteiger partial charge in [-0.3, -0.25) is 0 Å². The van der Waals surface area contributed by atoms with E-state index in [9.17, 15) is 0 Å². The summed E-state index contributed by atoms with van der Waals surface area (Å²) in [6.07, 6.45) is 0.735. The van der Waals surface area contributed by atoms with Crippen LogP contribution >= 0.6 is 0 Å². The third kappa shape index (κ3) is 3.67. The molecule has 3 aromatic rings. The van der Waals surface area contributed by atoms with Gasteiger partial charge in [0.15, 0.2) is 0 Å². The normalized spacial score (nSPS) is 11.3. The van der Waals surface area contributed by atoms with Gasteiger partial charge in [-0.25, -0.2) is 0 Å². The molecule has 0 aliphatic rings. The van der Waals surface area contributed by atoms with Crippen molar-refractivity contribution in [3.8, 4) is 11.1 Å². The first-order valence-corrected chi connectivity index (χ1v) is 7.67. The molecule has 0 amide bonds. The third-order valence-electron chi connectivity index (χ3n) is 3.74. The molecular formula is C21H19NO. The second-order valence-corrected chi connectivity index (χ2v) is 5.29. The van der Waals surface area contributed by atoms with Crippen LogP contribution in [0.15, 0.2) is 90.1 Å². The van der Waals surface area contributed by atoms with Gasteiger partial charge >= 0.3 is 0 Å². The van der Waals surface area contributed by atoms with E-state index in [1.54, 1.807) is 7.11 Å². The van der Waals surface area contributed by atoms with Gasteiger partial charge in [-0.05, 0) is 16.7 Å². The van der Waals surface area contributed by atoms with Crippen LogP contribution in [0, 0.1) is 0 Å². The summed E-state index contributed by atoms with van der Waals surface area (Å²) < 4.78 is 0. The molecule has 2 heteroatoms. The highest BCUT2D eigenvalue weighted by Gasteiger charge is 2.12. The Kier molecular flexibility index (Phi) is 4.85. The van der Waals surface area contributed by atoms with Gasteiger partial charge in [0, 0.05) is 12.0 Å². The minimum Gasteiger partial charge on any atom is -0.399 e. The van der Waals surface area contributed by atoms with Crippen molar-refractivity contribution >= 4 is 5.71 Å². The number of nitrogens with zero attached hydrogens (tertiary/aromatic N) is 1. The number of oxime groups is 1. The molecule has 0 N–H and O–H groups in total. The number of hydrogen-bond donors (Lipinski definition) is 0. The smallest absolute Gasteiger partial charge is 0.106 e. The number of rotatable bonds is 5. The van der Waals surface area contributed by atoms with Gasteiger partial charge in [-0.2, -0.15) is 0 Å². The SMILES string of the molecule is CO/N=C(\Cc1ccccc1)c1ccccc1-c1ccccc1. The van der Waals surface area contributed by atoms with Crippen molar-refractivity contribution in [2.45, 2.75) is 6.42 Å². The second kappa shape index (κ2) is 7.41. The summed E-state index contributed by atoms with van der Waals surface area (Å²) >= 11 is 0. The fourth-order valence-electron chi connectivity index (χ4n) is 2.68. The Morgan fingerprint density at radius 3 is 2.09 bits per heavy atom. The summed E-state index contributed by atoms with van der Waals surface area (Å²) in [4.78, 5) is 5.11. The van der Waals surface area contributed by atoms with Crippen molar-refractivity contribution in [1.82, 2.24) is 0 Å². The van der Waals surface area contributed by atoms with Gasteiger partial charge in [0.25, 0.3) is 0 Å². The van der Waals surface area contributed by atoms with Crippen LogP contribution < -0.4 is 0 Å². The predicted molar refractivity (Wildman–Crippen MR) is 95.6 cm³/mol. The van der Waals surface area contributed by atoms with Crippen molar-refractivity contribution in [1.29, 1.82) is 0 Å². The van der Waals surface area contributed by atoms with Gasteiger partial charge in [0.1, 0.15) is 7.11 Å². The molecule has 114 valence electrons. The lowest BCUT2D eigenvalue weighted by atomic mass is 9.94. The maximum Gasteiger partial charge on any atom is 0.106 e. The van der Waals surface area contributed by atoms with Crippen molar-refractivity contribution in [2.75, 3.05) is 7.11 Å². The first kappa shape index (κ1) is 15.0. The molecule has 0 saturated heterocycles. The Morgan fingerprint density at radius 1 is 0.783 bits per heavy atom. The van der Waals surface area contributed by atoms with Crippen LogP contribution in [0.25, 0.3) is 11.1 Å². The average Bonchev–Trinajstić information content (AvgIpc) is 2.63. The number of benzene rings is 3. The molecule has 0 aromatic heterocycles. The first-order chi connectivity index (χ1) is 11.4. The maximum absolute atomic E-state index is 5.11. The van der Waals surface area contributed by atoms with Gasteiger partial charge in [-0.15, -0.1) is 0 Å². The lowest BCUT2D eigenvalue weighted by Gasteiger charge is -2.12. The Balaban J connectivity index is 2.03. The topological polar surface area (TPSA) is 21.6 Å². The van der Waals surface area contributed by atoms with Crippen molar-refractivity contribution in [2.24, 2.45) is 5.16 Å². The molecule has 0 atom stereocenters. The summed E-state index contributed by atoms with van der Waals surface area (Å²) in [5, 5.41) is 4.29. The van der Waals surface area contributed by atoms with Gasteiger partial charge < -0.3 is 4.84 Å². The third-order valence-corrected chi connectivity index (χ3v) is 3.74. The predicted octanol–water partition coefficient (Wildman–Crippen LogP) is 4.95. The van der Waals surface area contributed by atoms with Crippen LogP contribution in [-0.4, -0.2) is 12.8 Å². The van der Waals surface area contributed by atoms with Crippen LogP contribution in [0.1, 0.15) is 11.1 Å². The van der Waals surface area contributed by atoms with Gasteiger partial charge in [0.2, 0.25) is 0 Å². The minimum absolute atomic E-state index is 0.735. The molecule has 0 heterocycles. The molecule has 0 fully saturated rings. The summed E-state index contributed by atoms with van der Waals surface area (Å²) in [5.74, 6) is 0. The van der Waals surface area contributed by atoms with E-state index >= 15 is 0 Å². The molecule has 3 aromatic carbocycles. The van der Waals surface area contributed by atoms with Crippen molar-refractivity contribution in [3.63, 3.8) is 0 Å². The highest BCUT2D eigenvalue weighted by atomic mass is 16.6. The molecule has 0 aliphatic heterocycles. The van der Waals surface area contributed by atoms with E-state index in [4.69, 9.17) is 4.84 Å². The van der Waals surface area contributed by atoms with E-state index in [0.717, 1.165) is 17.7 Å². The first-order valence-electron chi connectivity index (χ1n) is 7.67. The van der Waals surface area contributed by atoms with E-state index in [1.807, 2.05) is 30.3 Å². The maximum atomic E-state index is 5.11. The van der Waals surface area contributed by atoms with E-state index in [1.165, 1.54) is 16.7 Å². The zero-order valence-corrected chi connectivity index (χ0v) is 13.1. The van der Waals surface area contributed by atoms with Gasteiger partial charge in [0.05, 0.1) is 5.71 Å². The molecule has 23 heavy (non-hydrogen) atoms. The summed E-state index contributed by atoms with van der Waals surface area (Å²) in [6.45, 7) is 0. The van der Waals surface area contributed by atoms with Crippen LogP contribution in [0.2, 0.25) is 0 Å². The molecule has 0 unspecified atom stereocenters. The fraction of sp³-hybridized carbons (Fsp3) is 0.0952. The minimum atomic E-state index is 0.735. The monoisotopic (exact) mass is 301 g/mol. The number of hydrogen-bond acceptors (Lipinski definition) is 2. The van der Waals surface area contributed by atoms with Crippen LogP contribution in [-0.2, 0) is 11.3 Å². The second-order valence-electron chi connectivity index (χ2n) is 5.29. The highest BCUT2D eigenvalue weighted by molar-refractivity contribution is 6.06. The van der Waals surface area contributed by atoms with Crippen LogP contribution in [0.4, 0.5) is 0 Å². The quantitative estimate of drug-likeness (QED) is 0.483. The summed E-state index contributed by atoms with van der Waals surface area (Å²) in [5.41, 5.74) is 5.59. The summed E-state index contributed by atoms with van der Waals surface area (Å²) in [6, 6.07) is 29.0. The van der Waals surface area contributed by atoms with Crippen molar-refractivity contribution in [3.05, 3.63) is 96.1 Å². The fourth-order valence-corrected chi connectivity index (χ4v) is 2.68. The van der Waals surface area contributed by atoms with Gasteiger partial charge in [-0.1, -0.05) is 90.1 Å². The van der Waals surface area contributed by atoms with Crippen molar-refractivity contribution < 1.29 is 4.84 Å². The van der Waals surface area contributed by atoms with E-state index in [2.05, 4.69) is 59.8 Å². The zero-order chi connectivity index (χ0) is 15.9. The van der Waals surface area contributed by atoms with E-state index in [-0.39, 0.29) is 0 Å². The molecule has 3 rings (SSSR count). The lowest BCUT2D eigenvalue weighted by Crippen LogP contribution is -2.08. The molecule has 0 bridgehead atoms. The molecule has 2 nitrogen and oxygen atoms in total. The Bertz CT molecular complexity index is 779. The molecule has 0 spiro atoms. The van der Waals surface area contributed by atoms with Crippen LogP contribution in [0.3, 0.4) is 0 Å². The standard InChI is InChI=1S/C21H19NO/c1-23-22-21(16-17-10-4-2-5-11-17)20-15-9-8-14-19(20)18-12-6-3-7-13-18/h2-15H,16H2,1H3/b22-21+. The highest BCUT2D eigenvalue weighted by Crippen LogP contribution is 2.25. The Hall–Kier alpha value is -2.87. The molecule has 0 saturated carbocycles. The largest absolute Gasteiger partial charge is 0.399 e. The summed E-state index contributed by atoms with van der Waals surface area (Å²) in [7, 11) is 1.59.